The van der Waals surface area contributed by atoms with Crippen molar-refractivity contribution in [2.24, 2.45) is 0 Å². The molecule has 1 N–H and O–H groups in total. The van der Waals surface area contributed by atoms with Crippen LogP contribution in [-0.2, 0) is 6.42 Å². The SMILES string of the molecule is CNC(CCc1ccccc1)c1ccncc1C. The predicted molar refractivity (Wildman–Crippen MR) is 75.5 cm³/mol. The van der Waals surface area contributed by atoms with Crippen LogP contribution in [-0.4, -0.2) is 12.0 Å². The average molecular weight is 240 g/mol. The molecular weight excluding hydrogens is 220 g/mol. The van der Waals surface area contributed by atoms with Crippen LogP contribution in [0.3, 0.4) is 0 Å². The summed E-state index contributed by atoms with van der Waals surface area (Å²) in [7, 11) is 2.02. The molecule has 0 bridgehead atoms. The van der Waals surface area contributed by atoms with Crippen molar-refractivity contribution in [3.8, 4) is 0 Å². The van der Waals surface area contributed by atoms with E-state index in [-0.39, 0.29) is 0 Å². The lowest BCUT2D eigenvalue weighted by Gasteiger charge is -2.18. The molecule has 0 radical (unpaired) electrons. The number of pyridine rings is 1. The van der Waals surface area contributed by atoms with Gasteiger partial charge >= 0.3 is 0 Å². The molecule has 0 fully saturated rings. The van der Waals surface area contributed by atoms with E-state index < -0.39 is 0 Å². The quantitative estimate of drug-likeness (QED) is 0.867. The Kier molecular flexibility index (Phi) is 4.48. The van der Waals surface area contributed by atoms with Gasteiger partial charge in [-0.2, -0.15) is 0 Å². The summed E-state index contributed by atoms with van der Waals surface area (Å²) in [6, 6.07) is 13.1. The van der Waals surface area contributed by atoms with Crippen LogP contribution in [0.4, 0.5) is 0 Å². The van der Waals surface area contributed by atoms with Crippen LogP contribution in [0.25, 0.3) is 0 Å². The molecule has 1 heterocycles. The molecule has 2 nitrogen and oxygen atoms in total. The van der Waals surface area contributed by atoms with Gasteiger partial charge in [-0.3, -0.25) is 4.98 Å². The predicted octanol–water partition coefficient (Wildman–Crippen LogP) is 3.28. The zero-order chi connectivity index (χ0) is 12.8. The molecule has 2 heteroatoms. The Morgan fingerprint density at radius 3 is 2.61 bits per heavy atom. The third kappa shape index (κ3) is 3.17. The van der Waals surface area contributed by atoms with Crippen molar-refractivity contribution in [1.29, 1.82) is 0 Å². The van der Waals surface area contributed by atoms with E-state index in [4.69, 9.17) is 0 Å². The first-order valence-corrected chi connectivity index (χ1v) is 6.43. The summed E-state index contributed by atoms with van der Waals surface area (Å²) >= 11 is 0. The second-order valence-corrected chi connectivity index (χ2v) is 4.60. The van der Waals surface area contributed by atoms with Crippen LogP contribution >= 0.6 is 0 Å². The molecule has 94 valence electrons. The van der Waals surface area contributed by atoms with E-state index in [2.05, 4.69) is 53.6 Å². The molecule has 1 aromatic carbocycles. The molecule has 18 heavy (non-hydrogen) atoms. The molecule has 1 unspecified atom stereocenters. The fraction of sp³-hybridized carbons (Fsp3) is 0.312. The van der Waals surface area contributed by atoms with E-state index in [9.17, 15) is 0 Å². The first-order chi connectivity index (χ1) is 8.81. The van der Waals surface area contributed by atoms with Gasteiger partial charge in [0.25, 0.3) is 0 Å². The maximum Gasteiger partial charge on any atom is 0.0324 e. The molecule has 2 aromatic rings. The monoisotopic (exact) mass is 240 g/mol. The highest BCUT2D eigenvalue weighted by atomic mass is 14.9. The summed E-state index contributed by atoms with van der Waals surface area (Å²) < 4.78 is 0. The molecule has 0 saturated heterocycles. The minimum atomic E-state index is 0.396. The van der Waals surface area contributed by atoms with Crippen LogP contribution < -0.4 is 5.32 Å². The van der Waals surface area contributed by atoms with Crippen LogP contribution in [0, 0.1) is 6.92 Å². The maximum absolute atomic E-state index is 4.15. The number of nitrogens with zero attached hydrogens (tertiary/aromatic N) is 1. The largest absolute Gasteiger partial charge is 0.313 e. The molecule has 0 saturated carbocycles. The first-order valence-electron chi connectivity index (χ1n) is 6.43. The fourth-order valence-electron chi connectivity index (χ4n) is 2.29. The normalized spacial score (nSPS) is 12.3. The molecular formula is C16H20N2. The van der Waals surface area contributed by atoms with Crippen molar-refractivity contribution in [3.63, 3.8) is 0 Å². The maximum atomic E-state index is 4.15. The van der Waals surface area contributed by atoms with Gasteiger partial charge in [0.15, 0.2) is 0 Å². The van der Waals surface area contributed by atoms with E-state index in [1.54, 1.807) is 0 Å². The van der Waals surface area contributed by atoms with Crippen molar-refractivity contribution < 1.29 is 0 Å². The van der Waals surface area contributed by atoms with Crippen molar-refractivity contribution in [3.05, 3.63) is 65.5 Å². The Bertz CT molecular complexity index is 479. The second kappa shape index (κ2) is 6.31. The Balaban J connectivity index is 2.04. The minimum Gasteiger partial charge on any atom is -0.313 e. The van der Waals surface area contributed by atoms with Crippen molar-refractivity contribution >= 4 is 0 Å². The van der Waals surface area contributed by atoms with Gasteiger partial charge in [0.2, 0.25) is 0 Å². The zero-order valence-corrected chi connectivity index (χ0v) is 11.1. The third-order valence-corrected chi connectivity index (χ3v) is 3.35. The molecule has 0 spiro atoms. The number of hydrogen-bond acceptors (Lipinski definition) is 2. The molecule has 1 aromatic heterocycles. The summed E-state index contributed by atoms with van der Waals surface area (Å²) in [5.41, 5.74) is 4.00. The van der Waals surface area contributed by atoms with Crippen molar-refractivity contribution in [2.75, 3.05) is 7.05 Å². The van der Waals surface area contributed by atoms with Gasteiger partial charge in [-0.05, 0) is 49.6 Å². The number of rotatable bonds is 5. The van der Waals surface area contributed by atoms with Gasteiger partial charge in [0, 0.05) is 18.4 Å². The lowest BCUT2D eigenvalue weighted by molar-refractivity contribution is 0.546. The molecule has 0 aliphatic carbocycles. The highest BCUT2D eigenvalue weighted by molar-refractivity contribution is 5.26. The summed E-state index contributed by atoms with van der Waals surface area (Å²) in [5, 5.41) is 3.40. The topological polar surface area (TPSA) is 24.9 Å². The van der Waals surface area contributed by atoms with E-state index in [1.807, 2.05) is 19.4 Å². The Hall–Kier alpha value is -1.67. The van der Waals surface area contributed by atoms with E-state index in [0.717, 1.165) is 12.8 Å². The molecule has 0 amide bonds. The summed E-state index contributed by atoms with van der Waals surface area (Å²) in [4.78, 5) is 4.15. The zero-order valence-electron chi connectivity index (χ0n) is 11.1. The second-order valence-electron chi connectivity index (χ2n) is 4.60. The van der Waals surface area contributed by atoms with Gasteiger partial charge in [-0.1, -0.05) is 30.3 Å². The Morgan fingerprint density at radius 1 is 1.17 bits per heavy atom. The van der Waals surface area contributed by atoms with Gasteiger partial charge in [0.05, 0.1) is 0 Å². The first kappa shape index (κ1) is 12.8. The third-order valence-electron chi connectivity index (χ3n) is 3.35. The van der Waals surface area contributed by atoms with Gasteiger partial charge < -0.3 is 5.32 Å². The summed E-state index contributed by atoms with van der Waals surface area (Å²) in [5.74, 6) is 0. The fourth-order valence-corrected chi connectivity index (χ4v) is 2.29. The summed E-state index contributed by atoms with van der Waals surface area (Å²) in [6.07, 6.45) is 6.00. The van der Waals surface area contributed by atoms with E-state index in [1.165, 1.54) is 16.7 Å². The summed E-state index contributed by atoms with van der Waals surface area (Å²) in [6.45, 7) is 2.12. The molecule has 2 rings (SSSR count). The van der Waals surface area contributed by atoms with Gasteiger partial charge in [-0.15, -0.1) is 0 Å². The van der Waals surface area contributed by atoms with Gasteiger partial charge in [0.1, 0.15) is 0 Å². The number of aromatic nitrogens is 1. The number of aryl methyl sites for hydroxylation is 2. The molecule has 0 aliphatic rings. The van der Waals surface area contributed by atoms with Crippen LogP contribution in [0.2, 0.25) is 0 Å². The number of hydrogen-bond donors (Lipinski definition) is 1. The standard InChI is InChI=1S/C16H20N2/c1-13-12-18-11-10-15(13)16(17-2)9-8-14-6-4-3-5-7-14/h3-7,10-12,16-17H,8-9H2,1-2H3. The lowest BCUT2D eigenvalue weighted by atomic mass is 9.97. The smallest absolute Gasteiger partial charge is 0.0324 e. The number of benzene rings is 1. The van der Waals surface area contributed by atoms with Crippen molar-refractivity contribution in [1.82, 2.24) is 10.3 Å². The molecule has 0 aliphatic heterocycles. The van der Waals surface area contributed by atoms with E-state index in [0.29, 0.717) is 6.04 Å². The average Bonchev–Trinajstić information content (AvgIpc) is 2.42. The van der Waals surface area contributed by atoms with Gasteiger partial charge in [-0.25, -0.2) is 0 Å². The molecule has 1 atom stereocenters. The number of nitrogens with one attached hydrogen (secondary N) is 1. The van der Waals surface area contributed by atoms with E-state index >= 15 is 0 Å². The van der Waals surface area contributed by atoms with Crippen molar-refractivity contribution in [2.45, 2.75) is 25.8 Å². The Morgan fingerprint density at radius 2 is 1.94 bits per heavy atom. The van der Waals surface area contributed by atoms with Crippen LogP contribution in [0.15, 0.2) is 48.8 Å². The van der Waals surface area contributed by atoms with Crippen LogP contribution in [0.5, 0.6) is 0 Å². The highest BCUT2D eigenvalue weighted by Gasteiger charge is 2.11. The Labute approximate surface area is 109 Å². The minimum absolute atomic E-state index is 0.396. The highest BCUT2D eigenvalue weighted by Crippen LogP contribution is 2.21. The van der Waals surface area contributed by atoms with Crippen LogP contribution in [0.1, 0.15) is 29.2 Å². The lowest BCUT2D eigenvalue weighted by Crippen LogP contribution is -2.18.